The van der Waals surface area contributed by atoms with E-state index >= 15 is 0 Å². The summed E-state index contributed by atoms with van der Waals surface area (Å²) in [5.74, 6) is 1.18. The van der Waals surface area contributed by atoms with Crippen LogP contribution in [0.3, 0.4) is 0 Å². The highest BCUT2D eigenvalue weighted by Crippen LogP contribution is 2.67. The summed E-state index contributed by atoms with van der Waals surface area (Å²) in [5.41, 5.74) is 0.534. The van der Waals surface area contributed by atoms with Crippen LogP contribution in [0.4, 0.5) is 4.39 Å². The van der Waals surface area contributed by atoms with Crippen LogP contribution in [0.25, 0.3) is 0 Å². The van der Waals surface area contributed by atoms with E-state index < -0.39 is 5.67 Å². The Bertz CT molecular complexity index is 563. The second kappa shape index (κ2) is 4.17. The fourth-order valence-corrected chi connectivity index (χ4v) is 5.50. The predicted octanol–water partition coefficient (Wildman–Crippen LogP) is 4.16. The van der Waals surface area contributed by atoms with Crippen LogP contribution in [0.1, 0.15) is 36.2 Å². The van der Waals surface area contributed by atoms with Crippen molar-refractivity contribution in [1.82, 2.24) is 4.90 Å². The molecule has 3 aliphatic rings. The summed E-state index contributed by atoms with van der Waals surface area (Å²) in [6.07, 6.45) is 5.54. The molecule has 0 saturated heterocycles. The Labute approximate surface area is 123 Å². The molecular weight excluding hydrogens is 271 g/mol. The van der Waals surface area contributed by atoms with Crippen LogP contribution < -0.4 is 0 Å². The van der Waals surface area contributed by atoms with Gasteiger partial charge in [0, 0.05) is 17.6 Å². The van der Waals surface area contributed by atoms with Crippen molar-refractivity contribution in [1.29, 1.82) is 0 Å². The molecule has 106 valence electrons. The molecule has 2 nitrogen and oxygen atoms in total. The average Bonchev–Trinajstić information content (AvgIpc) is 2.93. The van der Waals surface area contributed by atoms with E-state index in [0.717, 1.165) is 19.4 Å². The zero-order chi connectivity index (χ0) is 13.9. The number of halogens is 1. The van der Waals surface area contributed by atoms with Gasteiger partial charge < -0.3 is 4.90 Å². The number of hydrogen-bond acceptors (Lipinski definition) is 2. The number of alkyl halides is 1. The Morgan fingerprint density at radius 3 is 2.95 bits per heavy atom. The van der Waals surface area contributed by atoms with Crippen molar-refractivity contribution in [3.63, 3.8) is 0 Å². The third-order valence-corrected chi connectivity index (χ3v) is 6.50. The minimum absolute atomic E-state index is 0.301. The molecule has 3 atom stereocenters. The molecule has 2 saturated carbocycles. The Morgan fingerprint density at radius 2 is 2.25 bits per heavy atom. The molecule has 2 fully saturated rings. The Hall–Kier alpha value is -1.16. The van der Waals surface area contributed by atoms with Gasteiger partial charge in [0.15, 0.2) is 0 Å². The van der Waals surface area contributed by atoms with Crippen LogP contribution >= 0.6 is 11.3 Å². The molecule has 0 spiro atoms. The standard InChI is InChI=1S/C16H19FN2S/c1-3-18-9-19-8-10-4-5-20-15(10)14(19)11-6-12-13(7-11)16(12,2)17/h3-5,9,11-14H,1,6-8H2,2H3/b18-9-. The molecule has 20 heavy (non-hydrogen) atoms. The van der Waals surface area contributed by atoms with Gasteiger partial charge >= 0.3 is 0 Å². The highest BCUT2D eigenvalue weighted by molar-refractivity contribution is 7.10. The molecular formula is C16H19FN2S. The maximum atomic E-state index is 14.1. The molecule has 2 heterocycles. The fraction of sp³-hybridized carbons (Fsp3) is 0.562. The van der Waals surface area contributed by atoms with Gasteiger partial charge in [0.2, 0.25) is 0 Å². The van der Waals surface area contributed by atoms with Gasteiger partial charge in [-0.25, -0.2) is 9.38 Å². The van der Waals surface area contributed by atoms with Crippen molar-refractivity contribution in [3.05, 3.63) is 34.7 Å². The van der Waals surface area contributed by atoms with E-state index in [1.54, 1.807) is 13.1 Å². The van der Waals surface area contributed by atoms with Gasteiger partial charge in [-0.15, -0.1) is 11.3 Å². The van der Waals surface area contributed by atoms with Crippen LogP contribution in [0, 0.1) is 17.8 Å². The maximum absolute atomic E-state index is 14.1. The Kier molecular flexibility index (Phi) is 2.62. The van der Waals surface area contributed by atoms with E-state index in [4.69, 9.17) is 0 Å². The number of aliphatic imine (C=N–C) groups is 1. The zero-order valence-electron chi connectivity index (χ0n) is 11.6. The van der Waals surface area contributed by atoms with E-state index in [0.29, 0.717) is 23.8 Å². The quantitative estimate of drug-likeness (QED) is 0.603. The molecule has 1 aromatic heterocycles. The maximum Gasteiger partial charge on any atom is 0.114 e. The van der Waals surface area contributed by atoms with Crippen molar-refractivity contribution in [2.45, 2.75) is 38.0 Å². The Morgan fingerprint density at radius 1 is 1.50 bits per heavy atom. The predicted molar refractivity (Wildman–Crippen MR) is 80.5 cm³/mol. The minimum atomic E-state index is -0.882. The van der Waals surface area contributed by atoms with E-state index in [-0.39, 0.29) is 0 Å². The van der Waals surface area contributed by atoms with Crippen molar-refractivity contribution >= 4 is 17.7 Å². The second-order valence-corrected chi connectivity index (χ2v) is 7.42. The summed E-state index contributed by atoms with van der Waals surface area (Å²) >= 11 is 1.84. The van der Waals surface area contributed by atoms with Crippen molar-refractivity contribution in [2.24, 2.45) is 22.7 Å². The molecule has 0 bridgehead atoms. The summed E-state index contributed by atoms with van der Waals surface area (Å²) in [4.78, 5) is 7.97. The molecule has 0 radical (unpaired) electrons. The van der Waals surface area contributed by atoms with E-state index in [9.17, 15) is 4.39 Å². The van der Waals surface area contributed by atoms with Gasteiger partial charge in [0.1, 0.15) is 5.67 Å². The lowest BCUT2D eigenvalue weighted by atomic mass is 9.91. The monoisotopic (exact) mass is 290 g/mol. The second-order valence-electron chi connectivity index (χ2n) is 6.47. The topological polar surface area (TPSA) is 15.6 Å². The summed E-state index contributed by atoms with van der Waals surface area (Å²) < 4.78 is 14.1. The number of thiophene rings is 1. The lowest BCUT2D eigenvalue weighted by Crippen LogP contribution is -2.27. The lowest BCUT2D eigenvalue weighted by Gasteiger charge is -2.29. The fourth-order valence-electron chi connectivity index (χ4n) is 4.37. The van der Waals surface area contributed by atoms with Crippen LogP contribution in [-0.2, 0) is 6.54 Å². The van der Waals surface area contributed by atoms with Crippen LogP contribution in [0.15, 0.2) is 29.2 Å². The van der Waals surface area contributed by atoms with Crippen molar-refractivity contribution < 1.29 is 4.39 Å². The molecule has 0 amide bonds. The van der Waals surface area contributed by atoms with Gasteiger partial charge in [-0.05, 0) is 54.5 Å². The smallest absolute Gasteiger partial charge is 0.114 e. The largest absolute Gasteiger partial charge is 0.350 e. The number of rotatable bonds is 3. The first-order valence-electron chi connectivity index (χ1n) is 7.28. The third-order valence-electron chi connectivity index (χ3n) is 5.47. The first kappa shape index (κ1) is 12.6. The molecule has 1 aliphatic heterocycles. The zero-order valence-corrected chi connectivity index (χ0v) is 12.4. The average molecular weight is 290 g/mol. The van der Waals surface area contributed by atoms with E-state index in [1.165, 1.54) is 10.4 Å². The van der Waals surface area contributed by atoms with Gasteiger partial charge in [-0.2, -0.15) is 0 Å². The van der Waals surface area contributed by atoms with Gasteiger partial charge in [0.25, 0.3) is 0 Å². The molecule has 1 aromatic rings. The van der Waals surface area contributed by atoms with E-state index in [1.807, 2.05) is 17.7 Å². The lowest BCUT2D eigenvalue weighted by molar-refractivity contribution is 0.190. The van der Waals surface area contributed by atoms with Crippen LogP contribution in [-0.4, -0.2) is 16.9 Å². The van der Waals surface area contributed by atoms with Crippen LogP contribution in [0.5, 0.6) is 0 Å². The third kappa shape index (κ3) is 1.63. The van der Waals surface area contributed by atoms with E-state index in [2.05, 4.69) is 27.9 Å². The normalized spacial score (nSPS) is 42.0. The molecule has 3 unspecified atom stereocenters. The Balaban J connectivity index is 1.58. The summed E-state index contributed by atoms with van der Waals surface area (Å²) in [6.45, 7) is 6.36. The molecule has 0 aromatic carbocycles. The summed E-state index contributed by atoms with van der Waals surface area (Å²) in [7, 11) is 0. The number of nitrogens with zero attached hydrogens (tertiary/aromatic N) is 2. The highest BCUT2D eigenvalue weighted by atomic mass is 32.1. The SMILES string of the molecule is C=C/N=C\N1Cc2ccsc2C1C1CC2C(C1)C2(C)F. The number of hydrogen-bond donors (Lipinski definition) is 0. The highest BCUT2D eigenvalue weighted by Gasteiger charge is 2.67. The minimum Gasteiger partial charge on any atom is -0.350 e. The number of fused-ring (bicyclic) bond motifs is 2. The van der Waals surface area contributed by atoms with Crippen LogP contribution in [0.2, 0.25) is 0 Å². The molecule has 0 N–H and O–H groups in total. The first-order valence-corrected chi connectivity index (χ1v) is 8.16. The summed E-state index contributed by atoms with van der Waals surface area (Å²) in [6, 6.07) is 2.61. The van der Waals surface area contributed by atoms with Gasteiger partial charge in [-0.3, -0.25) is 0 Å². The van der Waals surface area contributed by atoms with Gasteiger partial charge in [0.05, 0.1) is 12.4 Å². The molecule has 4 heteroatoms. The first-order chi connectivity index (χ1) is 9.63. The van der Waals surface area contributed by atoms with Crippen molar-refractivity contribution in [2.75, 3.05) is 0 Å². The molecule has 4 rings (SSSR count). The van der Waals surface area contributed by atoms with Gasteiger partial charge in [-0.1, -0.05) is 6.58 Å². The van der Waals surface area contributed by atoms with Crippen molar-refractivity contribution in [3.8, 4) is 0 Å². The summed E-state index contributed by atoms with van der Waals surface area (Å²) in [5, 5.41) is 2.18. The molecule has 2 aliphatic carbocycles.